The van der Waals surface area contributed by atoms with Crippen molar-refractivity contribution in [1.82, 2.24) is 35.2 Å². The van der Waals surface area contributed by atoms with E-state index in [9.17, 15) is 32.3 Å². The highest BCUT2D eigenvalue weighted by molar-refractivity contribution is 7.13. The van der Waals surface area contributed by atoms with Gasteiger partial charge in [-0.05, 0) is 106 Å². The summed E-state index contributed by atoms with van der Waals surface area (Å²) in [7, 11) is 0. The molecule has 3 aromatic heterocycles. The summed E-state index contributed by atoms with van der Waals surface area (Å²) in [5.74, 6) is -1.36. The van der Waals surface area contributed by atoms with Crippen molar-refractivity contribution < 1.29 is 46.3 Å². The third kappa shape index (κ3) is 13.0. The number of carbonyl (C=O) groups excluding carboxylic acids is 4. The van der Waals surface area contributed by atoms with E-state index >= 15 is 0 Å². The molecule has 0 aliphatic carbocycles. The number of rotatable bonds is 19. The van der Waals surface area contributed by atoms with Crippen LogP contribution in [0.3, 0.4) is 0 Å². The van der Waals surface area contributed by atoms with Crippen LogP contribution in [0, 0.1) is 33.1 Å². The topological polar surface area (TPSA) is 174 Å². The van der Waals surface area contributed by atoms with Crippen molar-refractivity contribution in [2.75, 3.05) is 31.2 Å². The predicted octanol–water partition coefficient (Wildman–Crippen LogP) is 10.2. The van der Waals surface area contributed by atoms with E-state index in [0.29, 0.717) is 42.9 Å². The summed E-state index contributed by atoms with van der Waals surface area (Å²) in [4.78, 5) is 66.6. The fourth-order valence-corrected chi connectivity index (χ4v) is 10.0. The summed E-state index contributed by atoms with van der Waals surface area (Å²) in [5, 5.41) is 9.99. The smallest absolute Gasteiger partial charge is 0.418 e. The maximum Gasteiger partial charge on any atom is 0.418 e. The molecule has 1 saturated heterocycles. The standard InChI is InChI=1S/C54H63F3N8O7S/c1-32-13-14-40(48-34(3)62-72-36(48)5)25-45(32)64(41-19-20-44(63-23-21-58-30-63)43(26-41)54(55,56)57)22-11-10-12-24-70-29-47(67)61-50(53(7,8)9)52(69)65-28-42(71-37(6)66)27-46(65)51(68)60-33(2)38-15-17-39(18-16-38)49-35(4)59-31-73-49/h13-21,23,25-26,30-31,33,42,46,50H,10-12,22,24,27-29H2,1-9H3,(H,60,68)(H,61,67)/t33-,42+,46-,50+/m0/s1. The number of imidazole rings is 1. The lowest BCUT2D eigenvalue weighted by atomic mass is 9.85. The molecule has 0 unspecified atom stereocenters. The number of aromatic nitrogens is 4. The van der Waals surface area contributed by atoms with E-state index < -0.39 is 65.1 Å². The number of benzene rings is 3. The Labute approximate surface area is 427 Å². The van der Waals surface area contributed by atoms with Gasteiger partial charge >= 0.3 is 12.1 Å². The van der Waals surface area contributed by atoms with Crippen LogP contribution in [0.1, 0.15) is 100 Å². The first kappa shape index (κ1) is 53.9. The fourth-order valence-electron chi connectivity index (χ4n) is 9.22. The zero-order valence-corrected chi connectivity index (χ0v) is 43.4. The van der Waals surface area contributed by atoms with Gasteiger partial charge in [0.1, 0.15) is 30.6 Å². The number of amides is 3. The third-order valence-corrected chi connectivity index (χ3v) is 14.0. The second kappa shape index (κ2) is 22.9. The number of unbranched alkanes of at least 4 members (excludes halogenated alkanes) is 2. The van der Waals surface area contributed by atoms with Crippen molar-refractivity contribution in [1.29, 1.82) is 0 Å². The van der Waals surface area contributed by atoms with Gasteiger partial charge in [0.05, 0.1) is 51.9 Å². The van der Waals surface area contributed by atoms with Crippen LogP contribution < -0.4 is 15.5 Å². The van der Waals surface area contributed by atoms with Gasteiger partial charge in [-0.2, -0.15) is 13.2 Å². The number of likely N-dealkylation sites (tertiary alicyclic amines) is 1. The number of alkyl halides is 3. The SMILES string of the molecule is CC(=O)O[C@@H]1C[C@@H](C(=O)N[C@@H](C)c2ccc(-c3scnc3C)cc2)N(C(=O)[C@@H](NC(=O)COCCCCCN(c2ccc(-n3ccnc3)c(C(F)(F)F)c2)c2cc(-c3c(C)noc3C)ccc2C)C(C)(C)C)C1. The Hall–Kier alpha value is -6.86. The molecular formula is C54H63F3N8O7S. The number of hydrogen-bond donors (Lipinski definition) is 2. The van der Waals surface area contributed by atoms with Gasteiger partial charge in [-0.3, -0.25) is 19.2 Å². The molecule has 3 aromatic carbocycles. The Morgan fingerprint density at radius 2 is 1.67 bits per heavy atom. The number of nitrogens with one attached hydrogen (secondary N) is 2. The highest BCUT2D eigenvalue weighted by Crippen LogP contribution is 2.40. The third-order valence-electron chi connectivity index (χ3n) is 13.0. The van der Waals surface area contributed by atoms with Crippen molar-refractivity contribution in [3.63, 3.8) is 0 Å². The van der Waals surface area contributed by atoms with Crippen molar-refractivity contribution in [2.45, 2.75) is 118 Å². The first-order valence-corrected chi connectivity index (χ1v) is 25.1. The molecule has 1 fully saturated rings. The second-order valence-electron chi connectivity index (χ2n) is 19.6. The number of aryl methyl sites for hydroxylation is 4. The van der Waals surface area contributed by atoms with Gasteiger partial charge in [0, 0.05) is 55.8 Å². The van der Waals surface area contributed by atoms with Crippen LogP contribution in [0.2, 0.25) is 0 Å². The van der Waals surface area contributed by atoms with Crippen LogP contribution in [0.4, 0.5) is 24.5 Å². The molecule has 0 radical (unpaired) electrons. The normalized spacial score (nSPS) is 15.8. The van der Waals surface area contributed by atoms with E-state index in [1.807, 2.05) is 82.0 Å². The van der Waals surface area contributed by atoms with Crippen LogP contribution in [0.15, 0.2) is 89.4 Å². The molecule has 4 atom stereocenters. The number of thiazole rings is 1. The number of anilines is 2. The maximum absolute atomic E-state index is 14.7. The molecule has 0 bridgehead atoms. The highest BCUT2D eigenvalue weighted by Gasteiger charge is 2.46. The first-order chi connectivity index (χ1) is 34.6. The molecule has 7 rings (SSSR count). The average molecular weight is 1030 g/mol. The summed E-state index contributed by atoms with van der Waals surface area (Å²) in [6.07, 6.45) is 0.633. The quantitative estimate of drug-likeness (QED) is 0.0584. The van der Waals surface area contributed by atoms with Gasteiger partial charge in [-0.25, -0.2) is 9.97 Å². The van der Waals surface area contributed by atoms with Crippen molar-refractivity contribution in [3.8, 4) is 27.3 Å². The molecule has 0 spiro atoms. The zero-order chi connectivity index (χ0) is 52.8. The van der Waals surface area contributed by atoms with E-state index in [1.54, 1.807) is 43.7 Å². The maximum atomic E-state index is 14.7. The van der Waals surface area contributed by atoms with E-state index in [-0.39, 0.29) is 31.9 Å². The Bertz CT molecular complexity index is 2870. The lowest BCUT2D eigenvalue weighted by molar-refractivity contribution is -0.147. The molecule has 4 heterocycles. The molecule has 0 saturated carbocycles. The summed E-state index contributed by atoms with van der Waals surface area (Å²) >= 11 is 1.55. The number of esters is 1. The van der Waals surface area contributed by atoms with Crippen LogP contribution >= 0.6 is 11.3 Å². The number of ether oxygens (including phenoxy) is 2. The van der Waals surface area contributed by atoms with Crippen LogP contribution in [-0.4, -0.2) is 92.8 Å². The first-order valence-electron chi connectivity index (χ1n) is 24.3. The lowest BCUT2D eigenvalue weighted by Crippen LogP contribution is -2.58. The summed E-state index contributed by atoms with van der Waals surface area (Å²) in [6.45, 7) is 16.2. The van der Waals surface area contributed by atoms with E-state index in [4.69, 9.17) is 14.0 Å². The van der Waals surface area contributed by atoms with Crippen molar-refractivity contribution in [2.24, 2.45) is 5.41 Å². The van der Waals surface area contributed by atoms with Crippen LogP contribution in [0.25, 0.3) is 27.3 Å². The molecule has 3 amide bonds. The Kier molecular flexibility index (Phi) is 16.9. The number of nitrogens with zero attached hydrogens (tertiary/aromatic N) is 6. The minimum Gasteiger partial charge on any atom is -0.461 e. The molecule has 1 aliphatic rings. The van der Waals surface area contributed by atoms with Gasteiger partial charge < -0.3 is 39.0 Å². The minimum absolute atomic E-state index is 0.0311. The zero-order valence-electron chi connectivity index (χ0n) is 42.6. The molecule has 388 valence electrons. The number of halogens is 3. The van der Waals surface area contributed by atoms with Gasteiger partial charge in [0.15, 0.2) is 0 Å². The largest absolute Gasteiger partial charge is 0.461 e. The Morgan fingerprint density at radius 1 is 0.932 bits per heavy atom. The summed E-state index contributed by atoms with van der Waals surface area (Å²) in [6, 6.07) is 15.5. The molecule has 19 heteroatoms. The molecule has 6 aromatic rings. The number of carbonyl (C=O) groups is 4. The molecule has 73 heavy (non-hydrogen) atoms. The monoisotopic (exact) mass is 1020 g/mol. The highest BCUT2D eigenvalue weighted by atomic mass is 32.1. The molecule has 1 aliphatic heterocycles. The fraction of sp³-hybridized carbons (Fsp3) is 0.426. The predicted molar refractivity (Wildman–Crippen MR) is 272 cm³/mol. The van der Waals surface area contributed by atoms with Crippen LogP contribution in [-0.2, 0) is 34.8 Å². The van der Waals surface area contributed by atoms with Gasteiger partial charge in [-0.1, -0.05) is 62.3 Å². The average Bonchev–Trinajstić information content (AvgIpc) is 4.17. The van der Waals surface area contributed by atoms with Crippen molar-refractivity contribution in [3.05, 3.63) is 119 Å². The number of hydrogen-bond acceptors (Lipinski definition) is 12. The van der Waals surface area contributed by atoms with Gasteiger partial charge in [0.2, 0.25) is 17.7 Å². The minimum atomic E-state index is -4.66. The second-order valence-corrected chi connectivity index (χ2v) is 20.4. The van der Waals surface area contributed by atoms with E-state index in [1.165, 1.54) is 47.2 Å². The summed E-state index contributed by atoms with van der Waals surface area (Å²) in [5.41, 5.74) is 7.21. The lowest BCUT2D eigenvalue weighted by Gasteiger charge is -2.35. The molecule has 15 nitrogen and oxygen atoms in total. The van der Waals surface area contributed by atoms with E-state index in [0.717, 1.165) is 44.1 Å². The Morgan fingerprint density at radius 3 is 2.30 bits per heavy atom. The van der Waals surface area contributed by atoms with Crippen molar-refractivity contribution >= 4 is 46.4 Å². The Balaban J connectivity index is 0.979. The van der Waals surface area contributed by atoms with Gasteiger partial charge in [0.25, 0.3) is 0 Å². The summed E-state index contributed by atoms with van der Waals surface area (Å²) < 4.78 is 62.2. The molecular weight excluding hydrogens is 962 g/mol. The van der Waals surface area contributed by atoms with Crippen LogP contribution in [0.5, 0.6) is 0 Å². The molecule has 2 N–H and O–H groups in total. The van der Waals surface area contributed by atoms with E-state index in [2.05, 4.69) is 25.8 Å². The van der Waals surface area contributed by atoms with Gasteiger partial charge in [-0.15, -0.1) is 11.3 Å².